The molecular formula is C20H25N3O2. The quantitative estimate of drug-likeness (QED) is 0.909. The zero-order valence-electron chi connectivity index (χ0n) is 14.9. The summed E-state index contributed by atoms with van der Waals surface area (Å²) in [6, 6.07) is 11.4. The number of aryl methyl sites for hydroxylation is 1. The van der Waals surface area contributed by atoms with Crippen LogP contribution in [0.3, 0.4) is 0 Å². The molecule has 1 amide bonds. The molecule has 0 spiro atoms. The van der Waals surface area contributed by atoms with Crippen molar-refractivity contribution < 1.29 is 9.53 Å². The van der Waals surface area contributed by atoms with Crippen molar-refractivity contribution in [2.24, 2.45) is 11.1 Å². The van der Waals surface area contributed by atoms with Gasteiger partial charge in [-0.1, -0.05) is 19.1 Å². The predicted molar refractivity (Wildman–Crippen MR) is 97.4 cm³/mol. The topological polar surface area (TPSA) is 68.5 Å². The van der Waals surface area contributed by atoms with E-state index < -0.39 is 0 Å². The average Bonchev–Trinajstić information content (AvgIpc) is 3.04. The molecule has 1 aliphatic heterocycles. The van der Waals surface area contributed by atoms with Gasteiger partial charge in [-0.2, -0.15) is 0 Å². The lowest BCUT2D eigenvalue weighted by molar-refractivity contribution is 0.0776. The number of rotatable bonds is 5. The number of ether oxygens (including phenoxy) is 1. The summed E-state index contributed by atoms with van der Waals surface area (Å²) in [6.45, 7) is 6.58. The van der Waals surface area contributed by atoms with Crippen molar-refractivity contribution in [3.8, 4) is 5.75 Å². The van der Waals surface area contributed by atoms with E-state index in [2.05, 4.69) is 11.9 Å². The van der Waals surface area contributed by atoms with Crippen LogP contribution in [0.5, 0.6) is 5.75 Å². The van der Waals surface area contributed by atoms with Gasteiger partial charge in [0, 0.05) is 24.3 Å². The van der Waals surface area contributed by atoms with Crippen LogP contribution in [0.15, 0.2) is 42.6 Å². The predicted octanol–water partition coefficient (Wildman–Crippen LogP) is 2.78. The Bertz CT molecular complexity index is 745. The Morgan fingerprint density at radius 3 is 2.88 bits per heavy atom. The molecule has 1 aromatic heterocycles. The molecule has 1 atom stereocenters. The molecule has 5 heteroatoms. The summed E-state index contributed by atoms with van der Waals surface area (Å²) in [5, 5.41) is 0. The Kier molecular flexibility index (Phi) is 5.04. The van der Waals surface area contributed by atoms with Crippen LogP contribution in [0, 0.1) is 12.3 Å². The molecule has 5 nitrogen and oxygen atoms in total. The van der Waals surface area contributed by atoms with Gasteiger partial charge >= 0.3 is 0 Å². The Morgan fingerprint density at radius 2 is 2.20 bits per heavy atom. The standard InChI is InChI=1S/C20H25N3O2/c1-15-6-7-18(11-22-15)25-12-16-4-3-5-17(10-16)19(24)23-9-8-20(2,13-21)14-23/h3-7,10-11H,8-9,12-14,21H2,1-2H3. The highest BCUT2D eigenvalue weighted by atomic mass is 16.5. The summed E-state index contributed by atoms with van der Waals surface area (Å²) in [5.74, 6) is 0.789. The smallest absolute Gasteiger partial charge is 0.253 e. The molecule has 2 aromatic rings. The van der Waals surface area contributed by atoms with Crippen molar-refractivity contribution in [1.82, 2.24) is 9.88 Å². The van der Waals surface area contributed by atoms with Crippen molar-refractivity contribution in [3.05, 3.63) is 59.4 Å². The first kappa shape index (κ1) is 17.4. The van der Waals surface area contributed by atoms with Gasteiger partial charge in [-0.15, -0.1) is 0 Å². The summed E-state index contributed by atoms with van der Waals surface area (Å²) in [5.41, 5.74) is 8.49. The van der Waals surface area contributed by atoms with Crippen LogP contribution in [-0.2, 0) is 6.61 Å². The minimum Gasteiger partial charge on any atom is -0.487 e. The van der Waals surface area contributed by atoms with Crippen molar-refractivity contribution in [2.45, 2.75) is 26.9 Å². The van der Waals surface area contributed by atoms with Gasteiger partial charge < -0.3 is 15.4 Å². The van der Waals surface area contributed by atoms with Crippen LogP contribution in [0.25, 0.3) is 0 Å². The molecule has 2 heterocycles. The molecule has 2 N–H and O–H groups in total. The van der Waals surface area contributed by atoms with Gasteiger partial charge in [-0.05, 0) is 55.1 Å². The number of pyridine rings is 1. The second-order valence-electron chi connectivity index (χ2n) is 7.12. The summed E-state index contributed by atoms with van der Waals surface area (Å²) in [6.07, 6.45) is 2.67. The Hall–Kier alpha value is -2.40. The molecule has 0 aliphatic carbocycles. The first-order valence-corrected chi connectivity index (χ1v) is 8.63. The van der Waals surface area contributed by atoms with Crippen molar-refractivity contribution in [3.63, 3.8) is 0 Å². The lowest BCUT2D eigenvalue weighted by Crippen LogP contribution is -2.34. The fourth-order valence-electron chi connectivity index (χ4n) is 3.05. The molecule has 0 radical (unpaired) electrons. The number of benzene rings is 1. The van der Waals surface area contributed by atoms with Crippen LogP contribution >= 0.6 is 0 Å². The molecule has 1 saturated heterocycles. The molecule has 1 fully saturated rings. The molecular weight excluding hydrogens is 314 g/mol. The number of amides is 1. The molecule has 0 bridgehead atoms. The van der Waals surface area contributed by atoms with E-state index >= 15 is 0 Å². The highest BCUT2D eigenvalue weighted by Crippen LogP contribution is 2.29. The van der Waals surface area contributed by atoms with Gasteiger partial charge in [0.25, 0.3) is 5.91 Å². The summed E-state index contributed by atoms with van der Waals surface area (Å²) < 4.78 is 5.75. The van der Waals surface area contributed by atoms with E-state index in [-0.39, 0.29) is 11.3 Å². The van der Waals surface area contributed by atoms with Gasteiger partial charge in [0.2, 0.25) is 0 Å². The third-order valence-corrected chi connectivity index (χ3v) is 4.80. The molecule has 1 aliphatic rings. The SMILES string of the molecule is Cc1ccc(OCc2cccc(C(=O)N3CCC(C)(CN)C3)c2)cn1. The third kappa shape index (κ3) is 4.17. The number of carbonyl (C=O) groups excluding carboxylic acids is 1. The van der Waals surface area contributed by atoms with Gasteiger partial charge in [-0.3, -0.25) is 9.78 Å². The van der Waals surface area contributed by atoms with Gasteiger partial charge in [0.05, 0.1) is 6.20 Å². The number of nitrogens with two attached hydrogens (primary N) is 1. The highest BCUT2D eigenvalue weighted by molar-refractivity contribution is 5.94. The Balaban J connectivity index is 1.65. The molecule has 1 aromatic carbocycles. The lowest BCUT2D eigenvalue weighted by atomic mass is 9.90. The minimum atomic E-state index is 0.0365. The highest BCUT2D eigenvalue weighted by Gasteiger charge is 2.35. The average molecular weight is 339 g/mol. The first-order chi connectivity index (χ1) is 12.0. The molecule has 25 heavy (non-hydrogen) atoms. The van der Waals surface area contributed by atoms with Crippen molar-refractivity contribution >= 4 is 5.91 Å². The maximum absolute atomic E-state index is 12.7. The van der Waals surface area contributed by atoms with Crippen LogP contribution in [-0.4, -0.2) is 35.4 Å². The minimum absolute atomic E-state index is 0.0365. The van der Waals surface area contributed by atoms with Crippen LogP contribution < -0.4 is 10.5 Å². The number of hydrogen-bond acceptors (Lipinski definition) is 4. The maximum atomic E-state index is 12.7. The second-order valence-corrected chi connectivity index (χ2v) is 7.12. The number of likely N-dealkylation sites (tertiary alicyclic amines) is 1. The summed E-state index contributed by atoms with van der Waals surface area (Å²) in [4.78, 5) is 18.9. The fourth-order valence-corrected chi connectivity index (χ4v) is 3.05. The molecule has 3 rings (SSSR count). The van der Waals surface area contributed by atoms with E-state index in [9.17, 15) is 4.79 Å². The summed E-state index contributed by atoms with van der Waals surface area (Å²) in [7, 11) is 0. The molecule has 1 unspecified atom stereocenters. The molecule has 132 valence electrons. The molecule has 0 saturated carbocycles. The normalized spacial score (nSPS) is 19.9. The van der Waals surface area contributed by atoms with Gasteiger partial charge in [0.15, 0.2) is 0 Å². The number of nitrogens with zero attached hydrogens (tertiary/aromatic N) is 2. The second kappa shape index (κ2) is 7.23. The van der Waals surface area contributed by atoms with Crippen LogP contribution in [0.2, 0.25) is 0 Å². The zero-order valence-corrected chi connectivity index (χ0v) is 14.9. The van der Waals surface area contributed by atoms with Crippen molar-refractivity contribution in [2.75, 3.05) is 19.6 Å². The van der Waals surface area contributed by atoms with E-state index in [1.165, 1.54) is 0 Å². The fraction of sp³-hybridized carbons (Fsp3) is 0.400. The largest absolute Gasteiger partial charge is 0.487 e. The zero-order chi connectivity index (χ0) is 17.9. The maximum Gasteiger partial charge on any atom is 0.253 e. The first-order valence-electron chi connectivity index (χ1n) is 8.63. The Morgan fingerprint density at radius 1 is 1.36 bits per heavy atom. The van der Waals surface area contributed by atoms with Crippen molar-refractivity contribution in [1.29, 1.82) is 0 Å². The summed E-state index contributed by atoms with van der Waals surface area (Å²) >= 11 is 0. The van der Waals surface area contributed by atoms with Gasteiger partial charge in [0.1, 0.15) is 12.4 Å². The van der Waals surface area contributed by atoms with E-state index in [4.69, 9.17) is 10.5 Å². The van der Waals surface area contributed by atoms with Crippen LogP contribution in [0.1, 0.15) is 35.0 Å². The number of carbonyl (C=O) groups is 1. The van der Waals surface area contributed by atoms with E-state index in [0.717, 1.165) is 36.5 Å². The van der Waals surface area contributed by atoms with Gasteiger partial charge in [-0.25, -0.2) is 0 Å². The monoisotopic (exact) mass is 339 g/mol. The van der Waals surface area contributed by atoms with E-state index in [1.807, 2.05) is 48.2 Å². The lowest BCUT2D eigenvalue weighted by Gasteiger charge is -2.22. The van der Waals surface area contributed by atoms with E-state index in [1.54, 1.807) is 6.20 Å². The van der Waals surface area contributed by atoms with Crippen LogP contribution in [0.4, 0.5) is 0 Å². The van der Waals surface area contributed by atoms with E-state index in [0.29, 0.717) is 18.7 Å². The third-order valence-electron chi connectivity index (χ3n) is 4.80. The Labute approximate surface area is 148 Å². The number of aromatic nitrogens is 1. The number of hydrogen-bond donors (Lipinski definition) is 1.